The zero-order valence-corrected chi connectivity index (χ0v) is 15.9. The number of hydrogen-bond donors (Lipinski definition) is 0. The summed E-state index contributed by atoms with van der Waals surface area (Å²) in [6.07, 6.45) is -0.148. The van der Waals surface area contributed by atoms with Gasteiger partial charge in [0, 0.05) is 13.5 Å². The van der Waals surface area contributed by atoms with E-state index in [2.05, 4.69) is 0 Å². The molecule has 0 saturated heterocycles. The van der Waals surface area contributed by atoms with Gasteiger partial charge in [-0.15, -0.1) is 0 Å². The van der Waals surface area contributed by atoms with Crippen molar-refractivity contribution in [2.75, 3.05) is 22.3 Å². The van der Waals surface area contributed by atoms with Crippen LogP contribution in [0.15, 0.2) is 53.4 Å². The molecule has 3 rings (SSSR count). The molecule has 0 spiro atoms. The first-order valence-corrected chi connectivity index (χ1v) is 9.95. The minimum absolute atomic E-state index is 0.131. The zero-order valence-electron chi connectivity index (χ0n) is 15.0. The number of rotatable bonds is 4. The maximum absolute atomic E-state index is 13.2. The van der Waals surface area contributed by atoms with Crippen LogP contribution in [0.4, 0.5) is 11.4 Å². The molecule has 0 bridgehead atoms. The van der Waals surface area contributed by atoms with Crippen LogP contribution in [-0.2, 0) is 14.8 Å². The van der Waals surface area contributed by atoms with E-state index in [0.717, 1.165) is 0 Å². The van der Waals surface area contributed by atoms with Gasteiger partial charge in [-0.1, -0.05) is 18.2 Å². The number of para-hydroxylation sites is 1. The first-order chi connectivity index (χ1) is 12.3. The Kier molecular flexibility index (Phi) is 4.91. The summed E-state index contributed by atoms with van der Waals surface area (Å²) >= 11 is 0. The minimum atomic E-state index is -3.76. The lowest BCUT2D eigenvalue weighted by Gasteiger charge is -2.33. The maximum Gasteiger partial charge on any atom is 0.264 e. The van der Waals surface area contributed by atoms with Gasteiger partial charge < -0.3 is 9.64 Å². The van der Waals surface area contributed by atoms with E-state index in [4.69, 9.17) is 4.74 Å². The molecule has 0 aromatic heterocycles. The van der Waals surface area contributed by atoms with Crippen LogP contribution in [0.2, 0.25) is 0 Å². The molecular formula is C19H22N2O4S. The fraction of sp³-hybridized carbons (Fsp3) is 0.316. The maximum atomic E-state index is 13.2. The van der Waals surface area contributed by atoms with Crippen LogP contribution < -0.4 is 13.9 Å². The summed E-state index contributed by atoms with van der Waals surface area (Å²) in [6, 6.07) is 13.6. The summed E-state index contributed by atoms with van der Waals surface area (Å²) in [5.41, 5.74) is 1.09. The van der Waals surface area contributed by atoms with Gasteiger partial charge in [-0.25, -0.2) is 8.42 Å². The van der Waals surface area contributed by atoms with E-state index < -0.39 is 10.0 Å². The lowest BCUT2D eigenvalue weighted by atomic mass is 10.2. The summed E-state index contributed by atoms with van der Waals surface area (Å²) in [6.45, 7) is 5.81. The highest BCUT2D eigenvalue weighted by molar-refractivity contribution is 7.92. The average Bonchev–Trinajstić information content (AvgIpc) is 2.61. The molecule has 0 unspecified atom stereocenters. The molecule has 26 heavy (non-hydrogen) atoms. The fourth-order valence-electron chi connectivity index (χ4n) is 3.09. The predicted octanol–water partition coefficient (Wildman–Crippen LogP) is 3.04. The molecule has 1 amide bonds. The van der Waals surface area contributed by atoms with Crippen molar-refractivity contribution in [3.05, 3.63) is 48.5 Å². The predicted molar refractivity (Wildman–Crippen MR) is 101 cm³/mol. The van der Waals surface area contributed by atoms with E-state index in [1.165, 1.54) is 23.4 Å². The van der Waals surface area contributed by atoms with Crippen molar-refractivity contribution in [3.8, 4) is 5.75 Å². The number of benzene rings is 2. The van der Waals surface area contributed by atoms with Gasteiger partial charge in [0.2, 0.25) is 5.91 Å². The molecule has 138 valence electrons. The summed E-state index contributed by atoms with van der Waals surface area (Å²) < 4.78 is 33.4. The first-order valence-electron chi connectivity index (χ1n) is 8.51. The van der Waals surface area contributed by atoms with Crippen molar-refractivity contribution in [1.29, 1.82) is 0 Å². The van der Waals surface area contributed by atoms with Crippen LogP contribution in [0, 0.1) is 0 Å². The Morgan fingerprint density at radius 1 is 1.23 bits per heavy atom. The van der Waals surface area contributed by atoms with Gasteiger partial charge in [-0.3, -0.25) is 9.10 Å². The van der Waals surface area contributed by atoms with Crippen molar-refractivity contribution in [3.63, 3.8) is 0 Å². The lowest BCUT2D eigenvalue weighted by molar-refractivity contribution is -0.117. The number of anilines is 2. The standard InChI is InChI=1S/C19H22N2O4S/c1-4-21(16-8-6-5-7-9-16)26(23,24)17-10-11-19-18(12-17)20(15(3)22)13-14(2)25-19/h5-12,14H,4,13H2,1-3H3/t14-/m0/s1. The van der Waals surface area contributed by atoms with E-state index in [1.807, 2.05) is 13.0 Å². The first kappa shape index (κ1) is 18.3. The molecule has 2 aromatic rings. The number of carbonyl (C=O) groups excluding carboxylic acids is 1. The molecule has 1 aliphatic rings. The second-order valence-electron chi connectivity index (χ2n) is 6.19. The summed E-state index contributed by atoms with van der Waals surface area (Å²) in [5.74, 6) is 0.368. The molecule has 2 aromatic carbocycles. The largest absolute Gasteiger partial charge is 0.487 e. The van der Waals surface area contributed by atoms with Crippen molar-refractivity contribution in [1.82, 2.24) is 0 Å². The quantitative estimate of drug-likeness (QED) is 0.825. The molecule has 0 fully saturated rings. The Morgan fingerprint density at radius 2 is 1.92 bits per heavy atom. The smallest absolute Gasteiger partial charge is 0.264 e. The number of hydrogen-bond acceptors (Lipinski definition) is 4. The van der Waals surface area contributed by atoms with E-state index in [-0.39, 0.29) is 16.9 Å². The van der Waals surface area contributed by atoms with E-state index >= 15 is 0 Å². The van der Waals surface area contributed by atoms with E-state index in [1.54, 1.807) is 42.2 Å². The summed E-state index contributed by atoms with van der Waals surface area (Å²) in [5, 5.41) is 0. The van der Waals surface area contributed by atoms with Crippen molar-refractivity contribution >= 4 is 27.3 Å². The van der Waals surface area contributed by atoms with Gasteiger partial charge in [-0.2, -0.15) is 0 Å². The Hall–Kier alpha value is -2.54. The van der Waals surface area contributed by atoms with E-state index in [0.29, 0.717) is 30.2 Å². The van der Waals surface area contributed by atoms with Crippen molar-refractivity contribution < 1.29 is 17.9 Å². The molecule has 1 aliphatic heterocycles. The van der Waals surface area contributed by atoms with Crippen LogP contribution >= 0.6 is 0 Å². The van der Waals surface area contributed by atoms with Gasteiger partial charge in [0.15, 0.2) is 0 Å². The highest BCUT2D eigenvalue weighted by Gasteiger charge is 2.30. The van der Waals surface area contributed by atoms with Crippen molar-refractivity contribution in [2.45, 2.75) is 31.8 Å². The monoisotopic (exact) mass is 374 g/mol. The number of fused-ring (bicyclic) bond motifs is 1. The molecule has 7 heteroatoms. The van der Waals surface area contributed by atoms with Gasteiger partial charge in [0.05, 0.1) is 22.8 Å². The minimum Gasteiger partial charge on any atom is -0.487 e. The summed E-state index contributed by atoms with van der Waals surface area (Å²) in [7, 11) is -3.76. The van der Waals surface area contributed by atoms with Gasteiger partial charge in [0.25, 0.3) is 10.0 Å². The number of nitrogens with zero attached hydrogens (tertiary/aromatic N) is 2. The molecule has 0 radical (unpaired) electrons. The third-order valence-electron chi connectivity index (χ3n) is 4.29. The molecule has 0 saturated carbocycles. The Balaban J connectivity index is 2.07. The third kappa shape index (κ3) is 3.26. The average molecular weight is 374 g/mol. The van der Waals surface area contributed by atoms with Crippen LogP contribution in [-0.4, -0.2) is 33.5 Å². The van der Waals surface area contributed by atoms with Crippen LogP contribution in [0.25, 0.3) is 0 Å². The number of ether oxygens (including phenoxy) is 1. The second kappa shape index (κ2) is 6.99. The highest BCUT2D eigenvalue weighted by atomic mass is 32.2. The topological polar surface area (TPSA) is 66.9 Å². The van der Waals surface area contributed by atoms with Crippen LogP contribution in [0.3, 0.4) is 0 Å². The molecule has 0 aliphatic carbocycles. The third-order valence-corrected chi connectivity index (χ3v) is 6.19. The Bertz CT molecular complexity index is 912. The molecular weight excluding hydrogens is 352 g/mol. The normalized spacial score (nSPS) is 16.6. The van der Waals surface area contributed by atoms with E-state index in [9.17, 15) is 13.2 Å². The van der Waals surface area contributed by atoms with Gasteiger partial charge >= 0.3 is 0 Å². The lowest BCUT2D eigenvalue weighted by Crippen LogP contribution is -2.41. The Labute approximate surface area is 154 Å². The fourth-order valence-corrected chi connectivity index (χ4v) is 4.58. The second-order valence-corrected chi connectivity index (χ2v) is 8.06. The van der Waals surface area contributed by atoms with Gasteiger partial charge in [-0.05, 0) is 44.2 Å². The highest BCUT2D eigenvalue weighted by Crippen LogP contribution is 2.36. The van der Waals surface area contributed by atoms with Crippen LogP contribution in [0.5, 0.6) is 5.75 Å². The Morgan fingerprint density at radius 3 is 2.54 bits per heavy atom. The molecule has 1 heterocycles. The van der Waals surface area contributed by atoms with Gasteiger partial charge in [0.1, 0.15) is 11.9 Å². The zero-order chi connectivity index (χ0) is 18.9. The van der Waals surface area contributed by atoms with Crippen molar-refractivity contribution in [2.24, 2.45) is 0 Å². The molecule has 1 atom stereocenters. The number of carbonyl (C=O) groups is 1. The van der Waals surface area contributed by atoms with Crippen LogP contribution in [0.1, 0.15) is 20.8 Å². The number of amides is 1. The number of sulfonamides is 1. The molecule has 6 nitrogen and oxygen atoms in total. The molecule has 0 N–H and O–H groups in total. The SMILES string of the molecule is CCN(c1ccccc1)S(=O)(=O)c1ccc2c(c1)N(C(C)=O)C[C@H](C)O2. The summed E-state index contributed by atoms with van der Waals surface area (Å²) in [4.78, 5) is 13.7.